The summed E-state index contributed by atoms with van der Waals surface area (Å²) in [6.07, 6.45) is 4.17. The second-order valence-electron chi connectivity index (χ2n) is 4.46. The fraction of sp³-hybridized carbons (Fsp3) is 0.571. The average Bonchev–Trinajstić information content (AvgIpc) is 2.61. The number of nitrogens with one attached hydrogen (secondary N) is 1. The first kappa shape index (κ1) is 14.5. The molecule has 0 spiro atoms. The highest BCUT2D eigenvalue weighted by atomic mass is 16.1. The van der Waals surface area contributed by atoms with Crippen LogP contribution in [0.5, 0.6) is 0 Å². The van der Waals surface area contributed by atoms with Crippen LogP contribution in [0.1, 0.15) is 50.2 Å². The summed E-state index contributed by atoms with van der Waals surface area (Å²) >= 11 is 0. The molecular weight excluding hydrogens is 226 g/mol. The SMILES string of the molecule is C/C=C/CC(=O)NC(C)c1c(C)nn(CC)c1C. The van der Waals surface area contributed by atoms with Crippen molar-refractivity contribution in [2.75, 3.05) is 0 Å². The van der Waals surface area contributed by atoms with E-state index in [0.29, 0.717) is 6.42 Å². The van der Waals surface area contributed by atoms with E-state index in [1.54, 1.807) is 0 Å². The molecule has 0 saturated carbocycles. The molecule has 1 heterocycles. The van der Waals surface area contributed by atoms with Crippen LogP contribution in [0.3, 0.4) is 0 Å². The van der Waals surface area contributed by atoms with E-state index in [2.05, 4.69) is 17.3 Å². The Hall–Kier alpha value is -1.58. The second-order valence-corrected chi connectivity index (χ2v) is 4.46. The van der Waals surface area contributed by atoms with Gasteiger partial charge in [-0.25, -0.2) is 0 Å². The molecule has 0 aliphatic carbocycles. The van der Waals surface area contributed by atoms with Crippen LogP contribution in [0.25, 0.3) is 0 Å². The first-order valence-corrected chi connectivity index (χ1v) is 6.45. The number of nitrogens with zero attached hydrogens (tertiary/aromatic N) is 2. The van der Waals surface area contributed by atoms with Crippen molar-refractivity contribution in [1.29, 1.82) is 0 Å². The summed E-state index contributed by atoms with van der Waals surface area (Å²) in [6.45, 7) is 10.9. The Morgan fingerprint density at radius 3 is 2.67 bits per heavy atom. The maximum absolute atomic E-state index is 11.7. The van der Waals surface area contributed by atoms with Gasteiger partial charge in [0.1, 0.15) is 0 Å². The highest BCUT2D eigenvalue weighted by Gasteiger charge is 2.18. The lowest BCUT2D eigenvalue weighted by Gasteiger charge is -2.14. The molecule has 0 fully saturated rings. The van der Waals surface area contributed by atoms with Crippen LogP contribution in [0.4, 0.5) is 0 Å². The van der Waals surface area contributed by atoms with E-state index < -0.39 is 0 Å². The van der Waals surface area contributed by atoms with Gasteiger partial charge in [0.2, 0.25) is 5.91 Å². The number of rotatable bonds is 5. The van der Waals surface area contributed by atoms with E-state index in [9.17, 15) is 4.79 Å². The minimum Gasteiger partial charge on any atom is -0.349 e. The highest BCUT2D eigenvalue weighted by Crippen LogP contribution is 2.21. The molecule has 0 aromatic carbocycles. The lowest BCUT2D eigenvalue weighted by molar-refractivity contribution is -0.120. The molecule has 100 valence electrons. The summed E-state index contributed by atoms with van der Waals surface area (Å²) in [5.74, 6) is 0.0450. The summed E-state index contributed by atoms with van der Waals surface area (Å²) < 4.78 is 1.97. The Morgan fingerprint density at radius 2 is 2.17 bits per heavy atom. The van der Waals surface area contributed by atoms with Gasteiger partial charge in [-0.15, -0.1) is 0 Å². The van der Waals surface area contributed by atoms with Gasteiger partial charge in [0.05, 0.1) is 11.7 Å². The van der Waals surface area contributed by atoms with E-state index in [0.717, 1.165) is 23.5 Å². The van der Waals surface area contributed by atoms with Gasteiger partial charge in [0.25, 0.3) is 0 Å². The van der Waals surface area contributed by atoms with Gasteiger partial charge in [0, 0.05) is 24.2 Å². The molecule has 4 heteroatoms. The molecule has 0 bridgehead atoms. The molecule has 4 nitrogen and oxygen atoms in total. The Bertz CT molecular complexity index is 446. The number of hydrogen-bond acceptors (Lipinski definition) is 2. The van der Waals surface area contributed by atoms with Gasteiger partial charge in [-0.05, 0) is 34.6 Å². The third-order valence-electron chi connectivity index (χ3n) is 3.09. The molecule has 1 aromatic rings. The van der Waals surface area contributed by atoms with Gasteiger partial charge < -0.3 is 5.32 Å². The van der Waals surface area contributed by atoms with Crippen molar-refractivity contribution in [3.05, 3.63) is 29.1 Å². The number of amides is 1. The average molecular weight is 249 g/mol. The predicted molar refractivity (Wildman–Crippen MR) is 73.4 cm³/mol. The molecule has 0 saturated heterocycles. The summed E-state index contributed by atoms with van der Waals surface area (Å²) in [5, 5.41) is 7.48. The maximum atomic E-state index is 11.7. The largest absolute Gasteiger partial charge is 0.349 e. The summed E-state index contributed by atoms with van der Waals surface area (Å²) in [6, 6.07) is 0.00283. The van der Waals surface area contributed by atoms with Gasteiger partial charge in [-0.2, -0.15) is 5.10 Å². The maximum Gasteiger partial charge on any atom is 0.224 e. The topological polar surface area (TPSA) is 46.9 Å². The minimum atomic E-state index is 0.00283. The van der Waals surface area contributed by atoms with Gasteiger partial charge in [0.15, 0.2) is 0 Å². The number of carbonyl (C=O) groups is 1. The minimum absolute atomic E-state index is 0.00283. The molecule has 0 aliphatic rings. The molecule has 1 N–H and O–H groups in total. The quantitative estimate of drug-likeness (QED) is 0.815. The number of hydrogen-bond donors (Lipinski definition) is 1. The third-order valence-corrected chi connectivity index (χ3v) is 3.09. The number of allylic oxidation sites excluding steroid dienone is 1. The van der Waals surface area contributed by atoms with Gasteiger partial charge in [-0.3, -0.25) is 9.48 Å². The number of aromatic nitrogens is 2. The van der Waals surface area contributed by atoms with Crippen molar-refractivity contribution < 1.29 is 4.79 Å². The molecule has 1 amide bonds. The lowest BCUT2D eigenvalue weighted by Crippen LogP contribution is -2.26. The first-order valence-electron chi connectivity index (χ1n) is 6.45. The summed E-state index contributed by atoms with van der Waals surface area (Å²) in [5.41, 5.74) is 3.26. The Balaban J connectivity index is 2.81. The Labute approximate surface area is 109 Å². The van der Waals surface area contributed by atoms with Crippen molar-refractivity contribution in [1.82, 2.24) is 15.1 Å². The molecule has 1 aromatic heterocycles. The van der Waals surface area contributed by atoms with Crippen molar-refractivity contribution in [3.8, 4) is 0 Å². The Kier molecular flexibility index (Phi) is 5.13. The van der Waals surface area contributed by atoms with Crippen molar-refractivity contribution in [2.45, 2.75) is 53.6 Å². The van der Waals surface area contributed by atoms with Crippen LogP contribution in [-0.2, 0) is 11.3 Å². The Morgan fingerprint density at radius 1 is 1.50 bits per heavy atom. The lowest BCUT2D eigenvalue weighted by atomic mass is 10.1. The summed E-state index contributed by atoms with van der Waals surface area (Å²) in [4.78, 5) is 11.7. The highest BCUT2D eigenvalue weighted by molar-refractivity contribution is 5.77. The van der Waals surface area contributed by atoms with Crippen LogP contribution < -0.4 is 5.32 Å². The molecule has 0 radical (unpaired) electrons. The predicted octanol–water partition coefficient (Wildman–Crippen LogP) is 2.66. The van der Waals surface area contributed by atoms with Crippen LogP contribution in [0.2, 0.25) is 0 Å². The van der Waals surface area contributed by atoms with Gasteiger partial charge >= 0.3 is 0 Å². The normalized spacial score (nSPS) is 12.9. The number of carbonyl (C=O) groups excluding carboxylic acids is 1. The molecule has 0 aliphatic heterocycles. The molecule has 1 unspecified atom stereocenters. The second kappa shape index (κ2) is 6.38. The first-order chi connectivity index (χ1) is 8.51. The molecule has 18 heavy (non-hydrogen) atoms. The molecule has 1 rings (SSSR count). The fourth-order valence-electron chi connectivity index (χ4n) is 2.24. The van der Waals surface area contributed by atoms with Crippen LogP contribution in [0.15, 0.2) is 12.2 Å². The van der Waals surface area contributed by atoms with Crippen molar-refractivity contribution >= 4 is 5.91 Å². The third kappa shape index (κ3) is 3.22. The zero-order valence-corrected chi connectivity index (χ0v) is 11.9. The zero-order valence-electron chi connectivity index (χ0n) is 11.9. The van der Waals surface area contributed by atoms with E-state index >= 15 is 0 Å². The number of aryl methyl sites for hydroxylation is 2. The van der Waals surface area contributed by atoms with Crippen LogP contribution in [-0.4, -0.2) is 15.7 Å². The monoisotopic (exact) mass is 249 g/mol. The zero-order chi connectivity index (χ0) is 13.7. The summed E-state index contributed by atoms with van der Waals surface area (Å²) in [7, 11) is 0. The molecule has 1 atom stereocenters. The fourth-order valence-corrected chi connectivity index (χ4v) is 2.24. The standard InChI is InChI=1S/C14H23N3O/c1-6-8-9-13(18)15-10(3)14-11(4)16-17(7-2)12(14)5/h6,8,10H,7,9H2,1-5H3,(H,15,18)/b8-6+. The van der Waals surface area contributed by atoms with E-state index in [4.69, 9.17) is 0 Å². The van der Waals surface area contributed by atoms with E-state index in [1.807, 2.05) is 44.5 Å². The van der Waals surface area contributed by atoms with Gasteiger partial charge in [-0.1, -0.05) is 12.2 Å². The van der Waals surface area contributed by atoms with Crippen molar-refractivity contribution in [2.24, 2.45) is 0 Å². The van der Waals surface area contributed by atoms with E-state index in [-0.39, 0.29) is 11.9 Å². The van der Waals surface area contributed by atoms with Crippen LogP contribution >= 0.6 is 0 Å². The van der Waals surface area contributed by atoms with Crippen molar-refractivity contribution in [3.63, 3.8) is 0 Å². The van der Waals surface area contributed by atoms with Crippen LogP contribution in [0, 0.1) is 13.8 Å². The van der Waals surface area contributed by atoms with E-state index in [1.165, 1.54) is 0 Å². The molecular formula is C14H23N3O. The smallest absolute Gasteiger partial charge is 0.224 e.